The number of rotatable bonds is 9. The number of hydrogen-bond acceptors (Lipinski definition) is 6. The Labute approximate surface area is 163 Å². The number of methoxy groups -OCH3 is 4. The first-order valence-electron chi connectivity index (χ1n) is 8.15. The van der Waals surface area contributed by atoms with Crippen LogP contribution in [0.2, 0.25) is 5.02 Å². The van der Waals surface area contributed by atoms with Crippen molar-refractivity contribution in [3.05, 3.63) is 40.9 Å². The summed E-state index contributed by atoms with van der Waals surface area (Å²) in [5.74, 6) is 1.97. The van der Waals surface area contributed by atoms with Crippen LogP contribution in [-0.4, -0.2) is 40.9 Å². The van der Waals surface area contributed by atoms with E-state index in [2.05, 4.69) is 10.6 Å². The molecular formula is C19H23ClN2O5. The van der Waals surface area contributed by atoms with Gasteiger partial charge in [0.1, 0.15) is 11.5 Å². The van der Waals surface area contributed by atoms with Crippen LogP contribution in [0.4, 0.5) is 5.69 Å². The van der Waals surface area contributed by atoms with Crippen molar-refractivity contribution in [1.29, 1.82) is 0 Å². The van der Waals surface area contributed by atoms with Crippen LogP contribution < -0.4 is 29.6 Å². The van der Waals surface area contributed by atoms with Gasteiger partial charge in [0.25, 0.3) is 0 Å². The predicted octanol–water partition coefficient (Wildman–Crippen LogP) is 3.10. The Balaban J connectivity index is 1.95. The molecule has 146 valence electrons. The molecular weight excluding hydrogens is 372 g/mol. The largest absolute Gasteiger partial charge is 0.495 e. The van der Waals surface area contributed by atoms with Crippen LogP contribution in [0, 0.1) is 0 Å². The van der Waals surface area contributed by atoms with E-state index in [1.54, 1.807) is 26.4 Å². The van der Waals surface area contributed by atoms with Gasteiger partial charge in [-0.3, -0.25) is 4.79 Å². The smallest absolute Gasteiger partial charge is 0.238 e. The maximum Gasteiger partial charge on any atom is 0.238 e. The van der Waals surface area contributed by atoms with Crippen molar-refractivity contribution in [1.82, 2.24) is 5.32 Å². The molecule has 0 saturated carbocycles. The van der Waals surface area contributed by atoms with Gasteiger partial charge in [-0.05, 0) is 17.7 Å². The fourth-order valence-corrected chi connectivity index (χ4v) is 2.69. The topological polar surface area (TPSA) is 78.1 Å². The number of amides is 1. The molecule has 0 unspecified atom stereocenters. The second-order valence-electron chi connectivity index (χ2n) is 5.53. The van der Waals surface area contributed by atoms with Gasteiger partial charge < -0.3 is 29.6 Å². The quantitative estimate of drug-likeness (QED) is 0.680. The summed E-state index contributed by atoms with van der Waals surface area (Å²) in [4.78, 5) is 12.2. The Morgan fingerprint density at radius 1 is 0.889 bits per heavy atom. The van der Waals surface area contributed by atoms with Crippen LogP contribution in [0.15, 0.2) is 30.3 Å². The minimum absolute atomic E-state index is 0.114. The number of halogens is 1. The van der Waals surface area contributed by atoms with Gasteiger partial charge in [-0.1, -0.05) is 17.7 Å². The number of carbonyl (C=O) groups is 1. The highest BCUT2D eigenvalue weighted by Crippen LogP contribution is 2.35. The van der Waals surface area contributed by atoms with E-state index in [0.717, 1.165) is 5.56 Å². The average Bonchev–Trinajstić information content (AvgIpc) is 2.68. The first-order valence-corrected chi connectivity index (χ1v) is 8.53. The van der Waals surface area contributed by atoms with Crippen molar-refractivity contribution in [2.75, 3.05) is 40.3 Å². The molecule has 0 fully saturated rings. The Kier molecular flexibility index (Phi) is 7.57. The highest BCUT2D eigenvalue weighted by molar-refractivity contribution is 6.32. The highest BCUT2D eigenvalue weighted by Gasteiger charge is 2.12. The van der Waals surface area contributed by atoms with E-state index in [-0.39, 0.29) is 12.5 Å². The average molecular weight is 395 g/mol. The summed E-state index contributed by atoms with van der Waals surface area (Å²) < 4.78 is 20.9. The van der Waals surface area contributed by atoms with Crippen LogP contribution in [0.5, 0.6) is 23.0 Å². The maximum atomic E-state index is 12.2. The van der Waals surface area contributed by atoms with E-state index >= 15 is 0 Å². The van der Waals surface area contributed by atoms with Crippen molar-refractivity contribution in [2.45, 2.75) is 6.54 Å². The minimum atomic E-state index is -0.224. The monoisotopic (exact) mass is 394 g/mol. The summed E-state index contributed by atoms with van der Waals surface area (Å²) in [6.45, 7) is 0.608. The summed E-state index contributed by atoms with van der Waals surface area (Å²) in [5, 5.41) is 6.26. The molecule has 0 heterocycles. The zero-order valence-corrected chi connectivity index (χ0v) is 16.5. The van der Waals surface area contributed by atoms with E-state index in [9.17, 15) is 4.79 Å². The predicted molar refractivity (Wildman–Crippen MR) is 104 cm³/mol. The van der Waals surface area contributed by atoms with Crippen molar-refractivity contribution in [2.24, 2.45) is 0 Å². The standard InChI is InChI=1S/C19H23ClN2O5/c1-24-15-6-5-12(7-18(15)27-4)10-21-11-19(23)22-14-9-16(25-2)13(20)8-17(14)26-3/h5-9,21H,10-11H2,1-4H3,(H,22,23). The van der Waals surface area contributed by atoms with Crippen LogP contribution in [0.25, 0.3) is 0 Å². The summed E-state index contributed by atoms with van der Waals surface area (Å²) in [7, 11) is 6.17. The first-order chi connectivity index (χ1) is 13.0. The van der Waals surface area contributed by atoms with Crippen molar-refractivity contribution in [3.8, 4) is 23.0 Å². The molecule has 27 heavy (non-hydrogen) atoms. The van der Waals surface area contributed by atoms with Gasteiger partial charge in [0.05, 0.1) is 45.7 Å². The van der Waals surface area contributed by atoms with Crippen LogP contribution >= 0.6 is 11.6 Å². The number of benzene rings is 2. The lowest BCUT2D eigenvalue weighted by Gasteiger charge is -2.14. The Morgan fingerprint density at radius 2 is 1.56 bits per heavy atom. The van der Waals surface area contributed by atoms with Gasteiger partial charge in [-0.25, -0.2) is 0 Å². The van der Waals surface area contributed by atoms with Crippen LogP contribution in [0.3, 0.4) is 0 Å². The SMILES string of the molecule is COc1cc(NC(=O)CNCc2ccc(OC)c(OC)c2)c(OC)cc1Cl. The number of anilines is 1. The lowest BCUT2D eigenvalue weighted by Crippen LogP contribution is -2.27. The van der Waals surface area contributed by atoms with E-state index < -0.39 is 0 Å². The highest BCUT2D eigenvalue weighted by atomic mass is 35.5. The van der Waals surface area contributed by atoms with Gasteiger partial charge in [0, 0.05) is 18.7 Å². The number of carbonyl (C=O) groups excluding carboxylic acids is 1. The van der Waals surface area contributed by atoms with Crippen molar-refractivity contribution >= 4 is 23.2 Å². The summed E-state index contributed by atoms with van der Waals surface area (Å²) in [5.41, 5.74) is 1.45. The molecule has 0 saturated heterocycles. The molecule has 0 aliphatic rings. The van der Waals surface area contributed by atoms with E-state index in [0.29, 0.717) is 40.3 Å². The third-order valence-corrected chi connectivity index (χ3v) is 4.11. The Bertz CT molecular complexity index is 798. The fraction of sp³-hybridized carbons (Fsp3) is 0.316. The van der Waals surface area contributed by atoms with E-state index in [1.165, 1.54) is 14.2 Å². The van der Waals surface area contributed by atoms with Crippen molar-refractivity contribution in [3.63, 3.8) is 0 Å². The molecule has 0 aliphatic heterocycles. The van der Waals surface area contributed by atoms with Gasteiger partial charge in [0.15, 0.2) is 11.5 Å². The summed E-state index contributed by atoms with van der Waals surface area (Å²) >= 11 is 6.07. The normalized spacial score (nSPS) is 10.3. The first kappa shape index (κ1) is 20.7. The van der Waals surface area contributed by atoms with Gasteiger partial charge >= 0.3 is 0 Å². The molecule has 8 heteroatoms. The lowest BCUT2D eigenvalue weighted by atomic mass is 10.2. The second kappa shape index (κ2) is 9.89. The molecule has 7 nitrogen and oxygen atoms in total. The molecule has 0 spiro atoms. The number of nitrogens with one attached hydrogen (secondary N) is 2. The molecule has 0 atom stereocenters. The number of hydrogen-bond donors (Lipinski definition) is 2. The van der Waals surface area contributed by atoms with E-state index in [4.69, 9.17) is 30.5 Å². The molecule has 1 amide bonds. The lowest BCUT2D eigenvalue weighted by molar-refractivity contribution is -0.115. The molecule has 0 aromatic heterocycles. The second-order valence-corrected chi connectivity index (χ2v) is 5.94. The van der Waals surface area contributed by atoms with Crippen LogP contribution in [-0.2, 0) is 11.3 Å². The minimum Gasteiger partial charge on any atom is -0.495 e. The summed E-state index contributed by atoms with van der Waals surface area (Å²) in [6, 6.07) is 8.79. The summed E-state index contributed by atoms with van der Waals surface area (Å²) in [6.07, 6.45) is 0. The molecule has 2 N–H and O–H groups in total. The molecule has 2 rings (SSSR count). The molecule has 0 radical (unpaired) electrons. The Morgan fingerprint density at radius 3 is 2.19 bits per heavy atom. The fourth-order valence-electron chi connectivity index (χ4n) is 2.46. The van der Waals surface area contributed by atoms with Gasteiger partial charge in [-0.15, -0.1) is 0 Å². The van der Waals surface area contributed by atoms with E-state index in [1.807, 2.05) is 18.2 Å². The zero-order valence-electron chi connectivity index (χ0n) is 15.7. The van der Waals surface area contributed by atoms with Crippen molar-refractivity contribution < 1.29 is 23.7 Å². The maximum absolute atomic E-state index is 12.2. The van der Waals surface area contributed by atoms with Gasteiger partial charge in [0.2, 0.25) is 5.91 Å². The third kappa shape index (κ3) is 5.42. The number of ether oxygens (including phenoxy) is 4. The van der Waals surface area contributed by atoms with Gasteiger partial charge in [-0.2, -0.15) is 0 Å². The Hall–Kier alpha value is -2.64. The molecule has 2 aromatic rings. The van der Waals surface area contributed by atoms with Crippen LogP contribution in [0.1, 0.15) is 5.56 Å². The molecule has 0 bridgehead atoms. The molecule has 2 aromatic carbocycles. The molecule has 0 aliphatic carbocycles. The third-order valence-electron chi connectivity index (χ3n) is 3.81. The zero-order chi connectivity index (χ0) is 19.8.